The second-order valence-electron chi connectivity index (χ2n) is 4.46. The third kappa shape index (κ3) is 2.80. The molecule has 18 heavy (non-hydrogen) atoms. The molecule has 0 aromatic carbocycles. The van der Waals surface area contributed by atoms with Gasteiger partial charge in [0.25, 0.3) is 0 Å². The Bertz CT molecular complexity index is 339. The lowest BCUT2D eigenvalue weighted by Crippen LogP contribution is -2.59. The fourth-order valence-corrected chi connectivity index (χ4v) is 2.05. The van der Waals surface area contributed by atoms with E-state index in [0.29, 0.717) is 0 Å². The van der Waals surface area contributed by atoms with Crippen molar-refractivity contribution < 1.29 is 29.9 Å². The average Bonchev–Trinajstić information content (AvgIpc) is 2.86. The largest absolute Gasteiger partial charge is 0.394 e. The van der Waals surface area contributed by atoms with Gasteiger partial charge in [0.2, 0.25) is 0 Å². The molecule has 102 valence electrons. The maximum atomic E-state index is 9.82. The first-order chi connectivity index (χ1) is 8.63. The topological polar surface area (TPSA) is 99.4 Å². The molecule has 6 nitrogen and oxygen atoms in total. The molecule has 0 aromatic rings. The molecular weight excluding hydrogens is 240 g/mol. The van der Waals surface area contributed by atoms with E-state index in [-0.39, 0.29) is 6.61 Å². The van der Waals surface area contributed by atoms with Gasteiger partial charge in [-0.05, 0) is 12.0 Å². The van der Waals surface area contributed by atoms with Crippen LogP contribution in [0.25, 0.3) is 0 Å². The number of rotatable bonds is 4. The zero-order valence-electron chi connectivity index (χ0n) is 9.85. The summed E-state index contributed by atoms with van der Waals surface area (Å²) in [5, 5.41) is 38.1. The Morgan fingerprint density at radius 3 is 2.67 bits per heavy atom. The Morgan fingerprint density at radius 2 is 2.06 bits per heavy atom. The van der Waals surface area contributed by atoms with Crippen molar-refractivity contribution in [1.82, 2.24) is 0 Å². The summed E-state index contributed by atoms with van der Waals surface area (Å²) < 4.78 is 10.4. The molecule has 6 heteroatoms. The summed E-state index contributed by atoms with van der Waals surface area (Å²) in [5.41, 5.74) is 1.02. The lowest BCUT2D eigenvalue weighted by molar-refractivity contribution is -0.294. The summed E-state index contributed by atoms with van der Waals surface area (Å²) in [5.74, 6) is 0. The van der Waals surface area contributed by atoms with Crippen LogP contribution in [0.3, 0.4) is 0 Å². The van der Waals surface area contributed by atoms with Gasteiger partial charge in [-0.1, -0.05) is 18.2 Å². The van der Waals surface area contributed by atoms with Crippen LogP contribution in [0.2, 0.25) is 0 Å². The summed E-state index contributed by atoms with van der Waals surface area (Å²) in [6.07, 6.45) is 0.595. The minimum absolute atomic E-state index is 0.256. The van der Waals surface area contributed by atoms with Gasteiger partial charge in [0.1, 0.15) is 24.4 Å². The highest BCUT2D eigenvalue weighted by molar-refractivity contribution is 5.23. The molecule has 2 aliphatic rings. The van der Waals surface area contributed by atoms with Crippen LogP contribution in [0.4, 0.5) is 0 Å². The third-order valence-corrected chi connectivity index (χ3v) is 3.15. The van der Waals surface area contributed by atoms with Gasteiger partial charge in [0, 0.05) is 0 Å². The standard InChI is InChI=1S/C12H18O6/c13-5-8-9(14)10(15)11(12(16)18-8)17-6-7-3-1-2-4-7/h1-3,8-16H,4-6H2/t8?,9-,10?,11+,12-/m1/s1. The maximum Gasteiger partial charge on any atom is 0.184 e. The van der Waals surface area contributed by atoms with E-state index in [4.69, 9.17) is 14.6 Å². The van der Waals surface area contributed by atoms with Crippen LogP contribution in [0.15, 0.2) is 23.8 Å². The molecule has 1 fully saturated rings. The van der Waals surface area contributed by atoms with Crippen molar-refractivity contribution in [2.24, 2.45) is 0 Å². The van der Waals surface area contributed by atoms with Gasteiger partial charge >= 0.3 is 0 Å². The van der Waals surface area contributed by atoms with Gasteiger partial charge in [-0.2, -0.15) is 0 Å². The number of ether oxygens (including phenoxy) is 2. The monoisotopic (exact) mass is 258 g/mol. The Hall–Kier alpha value is -0.760. The molecule has 0 aromatic heterocycles. The van der Waals surface area contributed by atoms with Gasteiger partial charge in [-0.25, -0.2) is 0 Å². The first kappa shape index (κ1) is 13.7. The smallest absolute Gasteiger partial charge is 0.184 e. The van der Waals surface area contributed by atoms with Crippen LogP contribution in [-0.4, -0.2) is 64.3 Å². The molecular formula is C12H18O6. The molecule has 1 aliphatic carbocycles. The van der Waals surface area contributed by atoms with Crippen LogP contribution < -0.4 is 0 Å². The molecule has 0 bridgehead atoms. The van der Waals surface area contributed by atoms with E-state index in [1.54, 1.807) is 0 Å². The minimum atomic E-state index is -1.37. The number of aliphatic hydroxyl groups excluding tert-OH is 4. The maximum absolute atomic E-state index is 9.82. The van der Waals surface area contributed by atoms with Crippen LogP contribution in [0, 0.1) is 0 Å². The molecule has 1 saturated heterocycles. The van der Waals surface area contributed by atoms with Gasteiger partial charge in [0.15, 0.2) is 6.29 Å². The first-order valence-electron chi connectivity index (χ1n) is 5.90. The zero-order chi connectivity index (χ0) is 13.1. The molecule has 5 atom stereocenters. The van der Waals surface area contributed by atoms with Crippen molar-refractivity contribution in [3.05, 3.63) is 23.8 Å². The van der Waals surface area contributed by atoms with Crippen LogP contribution in [0.5, 0.6) is 0 Å². The fraction of sp³-hybridized carbons (Fsp3) is 0.667. The van der Waals surface area contributed by atoms with Crippen LogP contribution in [0.1, 0.15) is 6.42 Å². The number of hydrogen-bond acceptors (Lipinski definition) is 6. The van der Waals surface area contributed by atoms with E-state index in [1.165, 1.54) is 0 Å². The average molecular weight is 258 g/mol. The highest BCUT2D eigenvalue weighted by Crippen LogP contribution is 2.23. The quantitative estimate of drug-likeness (QED) is 0.499. The van der Waals surface area contributed by atoms with Gasteiger partial charge < -0.3 is 29.9 Å². The summed E-state index contributed by atoms with van der Waals surface area (Å²) in [6, 6.07) is 0. The molecule has 4 N–H and O–H groups in total. The Morgan fingerprint density at radius 1 is 1.28 bits per heavy atom. The van der Waals surface area contributed by atoms with Crippen molar-refractivity contribution in [1.29, 1.82) is 0 Å². The van der Waals surface area contributed by atoms with Crippen molar-refractivity contribution in [3.63, 3.8) is 0 Å². The Balaban J connectivity index is 1.90. The Labute approximate surface area is 105 Å². The molecule has 0 radical (unpaired) electrons. The lowest BCUT2D eigenvalue weighted by atomic mass is 9.99. The normalized spacial score (nSPS) is 40.0. The molecule has 0 amide bonds. The van der Waals surface area contributed by atoms with Crippen molar-refractivity contribution in [2.45, 2.75) is 37.1 Å². The molecule has 2 unspecified atom stereocenters. The second-order valence-corrected chi connectivity index (χ2v) is 4.46. The highest BCUT2D eigenvalue weighted by atomic mass is 16.7. The highest BCUT2D eigenvalue weighted by Gasteiger charge is 2.44. The molecule has 1 aliphatic heterocycles. The van der Waals surface area contributed by atoms with Crippen LogP contribution >= 0.6 is 0 Å². The summed E-state index contributed by atoms with van der Waals surface area (Å²) in [6.45, 7) is -0.220. The number of allylic oxidation sites excluding steroid dienone is 3. The van der Waals surface area contributed by atoms with E-state index >= 15 is 0 Å². The zero-order valence-corrected chi connectivity index (χ0v) is 9.85. The van der Waals surface area contributed by atoms with Gasteiger partial charge in [0.05, 0.1) is 13.2 Å². The van der Waals surface area contributed by atoms with Crippen molar-refractivity contribution >= 4 is 0 Å². The molecule has 1 heterocycles. The SMILES string of the molecule is OCC1O[C@@H](O)[C@@H](OCC2=CC=CC2)C(O)[C@@H]1O. The lowest BCUT2D eigenvalue weighted by Gasteiger charge is -2.39. The van der Waals surface area contributed by atoms with Gasteiger partial charge in [-0.3, -0.25) is 0 Å². The van der Waals surface area contributed by atoms with E-state index < -0.39 is 37.3 Å². The van der Waals surface area contributed by atoms with Crippen molar-refractivity contribution in [2.75, 3.05) is 13.2 Å². The van der Waals surface area contributed by atoms with E-state index in [1.807, 2.05) is 18.2 Å². The summed E-state index contributed by atoms with van der Waals surface area (Å²) in [4.78, 5) is 0. The third-order valence-electron chi connectivity index (χ3n) is 3.15. The second kappa shape index (κ2) is 5.92. The predicted molar refractivity (Wildman–Crippen MR) is 61.6 cm³/mol. The van der Waals surface area contributed by atoms with Gasteiger partial charge in [-0.15, -0.1) is 0 Å². The minimum Gasteiger partial charge on any atom is -0.394 e. The Kier molecular flexibility index (Phi) is 4.50. The first-order valence-corrected chi connectivity index (χ1v) is 5.90. The van der Waals surface area contributed by atoms with E-state index in [0.717, 1.165) is 12.0 Å². The summed E-state index contributed by atoms with van der Waals surface area (Å²) >= 11 is 0. The van der Waals surface area contributed by atoms with Crippen LogP contribution in [-0.2, 0) is 9.47 Å². The summed E-state index contributed by atoms with van der Waals surface area (Å²) in [7, 11) is 0. The van der Waals surface area contributed by atoms with Crippen molar-refractivity contribution in [3.8, 4) is 0 Å². The molecule has 0 spiro atoms. The van der Waals surface area contributed by atoms with E-state index in [2.05, 4.69) is 0 Å². The molecule has 0 saturated carbocycles. The number of hydrogen-bond donors (Lipinski definition) is 4. The fourth-order valence-electron chi connectivity index (χ4n) is 2.05. The predicted octanol–water partition coefficient (Wildman–Crippen LogP) is -1.31. The van der Waals surface area contributed by atoms with E-state index in [9.17, 15) is 15.3 Å². The molecule has 2 rings (SSSR count). The number of aliphatic hydroxyl groups is 4.